The molecular formula is C18H13BrN2OS2. The number of amidine groups is 1. The van der Waals surface area contributed by atoms with Crippen LogP contribution >= 0.6 is 39.9 Å². The van der Waals surface area contributed by atoms with E-state index in [1.807, 2.05) is 24.3 Å². The van der Waals surface area contributed by atoms with Gasteiger partial charge in [0.05, 0.1) is 5.92 Å². The molecule has 6 heteroatoms. The fourth-order valence-corrected chi connectivity index (χ4v) is 3.86. The summed E-state index contributed by atoms with van der Waals surface area (Å²) in [5.41, 5.74) is 2.07. The lowest BCUT2D eigenvalue weighted by Gasteiger charge is -2.28. The first-order chi connectivity index (χ1) is 11.6. The van der Waals surface area contributed by atoms with Crippen LogP contribution in [0.25, 0.3) is 0 Å². The number of benzene rings is 2. The van der Waals surface area contributed by atoms with E-state index in [0.29, 0.717) is 16.7 Å². The van der Waals surface area contributed by atoms with E-state index in [4.69, 9.17) is 17.0 Å². The van der Waals surface area contributed by atoms with Crippen molar-refractivity contribution in [3.05, 3.63) is 58.1 Å². The molecule has 120 valence electrons. The zero-order chi connectivity index (χ0) is 16.7. The maximum Gasteiger partial charge on any atom is 0.207 e. The number of ether oxygens (including phenoxy) is 1. The minimum absolute atomic E-state index is 0.0592. The highest BCUT2D eigenvalue weighted by atomic mass is 79.9. The van der Waals surface area contributed by atoms with Crippen molar-refractivity contribution in [3.63, 3.8) is 0 Å². The van der Waals surface area contributed by atoms with Gasteiger partial charge in [-0.25, -0.2) is 4.99 Å². The molecule has 2 heterocycles. The summed E-state index contributed by atoms with van der Waals surface area (Å²) in [7, 11) is 0. The third kappa shape index (κ3) is 2.94. The van der Waals surface area contributed by atoms with Crippen molar-refractivity contribution in [2.24, 2.45) is 15.9 Å². The van der Waals surface area contributed by atoms with Crippen molar-refractivity contribution < 1.29 is 4.74 Å². The van der Waals surface area contributed by atoms with Gasteiger partial charge in [-0.3, -0.25) is 0 Å². The third-order valence-corrected chi connectivity index (χ3v) is 5.65. The summed E-state index contributed by atoms with van der Waals surface area (Å²) in [6.07, 6.45) is 2.83. The van der Waals surface area contributed by atoms with Crippen molar-refractivity contribution in [1.82, 2.24) is 0 Å². The van der Waals surface area contributed by atoms with E-state index in [9.17, 15) is 0 Å². The summed E-state index contributed by atoms with van der Waals surface area (Å²) in [6.45, 7) is 0. The molecule has 2 aliphatic rings. The number of hydrogen-bond acceptors (Lipinski definition) is 4. The lowest BCUT2D eigenvalue weighted by atomic mass is 9.94. The van der Waals surface area contributed by atoms with E-state index < -0.39 is 0 Å². The molecule has 2 aromatic carbocycles. The van der Waals surface area contributed by atoms with Gasteiger partial charge >= 0.3 is 0 Å². The van der Waals surface area contributed by atoms with Crippen molar-refractivity contribution in [2.75, 3.05) is 6.26 Å². The van der Waals surface area contributed by atoms with E-state index in [2.05, 4.69) is 50.4 Å². The average Bonchev–Trinajstić information content (AvgIpc) is 2.60. The van der Waals surface area contributed by atoms with E-state index in [0.717, 1.165) is 27.8 Å². The maximum atomic E-state index is 6.01. The first kappa shape index (κ1) is 16.0. The van der Waals surface area contributed by atoms with Crippen molar-refractivity contribution >= 4 is 56.6 Å². The number of thioether (sulfide) groups is 1. The molecule has 3 nitrogen and oxygen atoms in total. The van der Waals surface area contributed by atoms with Crippen LogP contribution in [0, 0.1) is 5.92 Å². The van der Waals surface area contributed by atoms with E-state index in [1.54, 1.807) is 11.8 Å². The van der Waals surface area contributed by atoms with Crippen molar-refractivity contribution in [2.45, 2.75) is 11.3 Å². The van der Waals surface area contributed by atoms with Crippen LogP contribution in [0.2, 0.25) is 0 Å². The summed E-state index contributed by atoms with van der Waals surface area (Å²) in [6, 6.07) is 14.2. The molecule has 0 spiro atoms. The number of halogens is 1. The molecule has 0 aliphatic carbocycles. The quantitative estimate of drug-likeness (QED) is 0.515. The molecule has 4 rings (SSSR count). The Morgan fingerprint density at radius 2 is 1.96 bits per heavy atom. The van der Waals surface area contributed by atoms with Gasteiger partial charge in [-0.15, -0.1) is 11.8 Å². The summed E-state index contributed by atoms with van der Waals surface area (Å²) in [5.74, 6) is 2.05. The standard InChI is InChI=1S/C18H13BrN2OS2/c1-24-13-5-2-10(3-6-13)16-20-17-14(18(23)21-16)9-11-8-12(19)4-7-15(11)22-17/h2-8,14H,9H2,1H3. The first-order valence-corrected chi connectivity index (χ1v) is 9.88. The lowest BCUT2D eigenvalue weighted by Crippen LogP contribution is -2.36. The Morgan fingerprint density at radius 1 is 1.17 bits per heavy atom. The highest BCUT2D eigenvalue weighted by Crippen LogP contribution is 2.33. The molecule has 0 bridgehead atoms. The number of rotatable bonds is 2. The molecule has 0 amide bonds. The molecule has 2 aliphatic heterocycles. The number of thiocarbonyl (C=S) groups is 1. The second-order valence-electron chi connectivity index (χ2n) is 5.56. The first-order valence-electron chi connectivity index (χ1n) is 7.46. The van der Waals surface area contributed by atoms with Gasteiger partial charge in [0.2, 0.25) is 5.90 Å². The highest BCUT2D eigenvalue weighted by molar-refractivity contribution is 9.10. The topological polar surface area (TPSA) is 34.0 Å². The van der Waals surface area contributed by atoms with Gasteiger partial charge < -0.3 is 4.74 Å². The summed E-state index contributed by atoms with van der Waals surface area (Å²) in [5, 5.41) is 0. The number of fused-ring (bicyclic) bond motifs is 2. The molecule has 24 heavy (non-hydrogen) atoms. The summed E-state index contributed by atoms with van der Waals surface area (Å²) in [4.78, 5) is 11.0. The Hall–Kier alpha value is -1.50. The van der Waals surface area contributed by atoms with E-state index in [1.165, 1.54) is 4.90 Å². The minimum Gasteiger partial charge on any atom is -0.442 e. The molecule has 2 aromatic rings. The zero-order valence-electron chi connectivity index (χ0n) is 12.8. The molecule has 0 fully saturated rings. The van der Waals surface area contributed by atoms with Gasteiger partial charge in [0.25, 0.3) is 0 Å². The molecule has 0 radical (unpaired) electrons. The maximum absolute atomic E-state index is 6.01. The monoisotopic (exact) mass is 416 g/mol. The van der Waals surface area contributed by atoms with Crippen molar-refractivity contribution in [1.29, 1.82) is 0 Å². The van der Waals surface area contributed by atoms with Crippen LogP contribution in [-0.4, -0.2) is 23.0 Å². The van der Waals surface area contributed by atoms with Crippen LogP contribution < -0.4 is 4.74 Å². The van der Waals surface area contributed by atoms with E-state index in [-0.39, 0.29) is 5.92 Å². The fourth-order valence-electron chi connectivity index (χ4n) is 2.77. The second-order valence-corrected chi connectivity index (χ2v) is 7.78. The van der Waals surface area contributed by atoms with Gasteiger partial charge in [-0.2, -0.15) is 4.99 Å². The van der Waals surface area contributed by atoms with Gasteiger partial charge in [0.15, 0.2) is 5.84 Å². The smallest absolute Gasteiger partial charge is 0.207 e. The number of hydrogen-bond donors (Lipinski definition) is 0. The Bertz CT molecular complexity index is 890. The van der Waals surface area contributed by atoms with Crippen LogP contribution in [0.4, 0.5) is 0 Å². The SMILES string of the molecule is CSc1ccc(C2=NC(=S)C3Cc4cc(Br)ccc4OC3=N2)cc1. The molecule has 0 saturated carbocycles. The Balaban J connectivity index is 1.69. The van der Waals surface area contributed by atoms with Gasteiger partial charge in [0.1, 0.15) is 10.7 Å². The molecular weight excluding hydrogens is 404 g/mol. The highest BCUT2D eigenvalue weighted by Gasteiger charge is 2.33. The van der Waals surface area contributed by atoms with Gasteiger partial charge in [0, 0.05) is 14.9 Å². The van der Waals surface area contributed by atoms with Crippen LogP contribution in [0.1, 0.15) is 11.1 Å². The predicted octanol–water partition coefficient (Wildman–Crippen LogP) is 4.91. The average molecular weight is 417 g/mol. The third-order valence-electron chi connectivity index (χ3n) is 4.04. The zero-order valence-corrected chi connectivity index (χ0v) is 16.0. The van der Waals surface area contributed by atoms with Crippen LogP contribution in [0.15, 0.2) is 61.8 Å². The van der Waals surface area contributed by atoms with Crippen LogP contribution in [0.5, 0.6) is 5.75 Å². The van der Waals surface area contributed by atoms with E-state index >= 15 is 0 Å². The predicted molar refractivity (Wildman–Crippen MR) is 107 cm³/mol. The fraction of sp³-hybridized carbons (Fsp3) is 0.167. The molecule has 1 unspecified atom stereocenters. The van der Waals surface area contributed by atoms with Crippen molar-refractivity contribution in [3.8, 4) is 5.75 Å². The van der Waals surface area contributed by atoms with Gasteiger partial charge in [-0.1, -0.05) is 40.3 Å². The molecule has 0 saturated heterocycles. The Labute approximate surface area is 158 Å². The number of aliphatic imine (C=N–C) groups is 2. The largest absolute Gasteiger partial charge is 0.442 e. The summed E-state index contributed by atoms with van der Waals surface area (Å²) >= 11 is 10.7. The molecule has 0 aromatic heterocycles. The second kappa shape index (κ2) is 6.43. The number of nitrogens with zero attached hydrogens (tertiary/aromatic N) is 2. The van der Waals surface area contributed by atoms with Crippen LogP contribution in [0.3, 0.4) is 0 Å². The van der Waals surface area contributed by atoms with Crippen LogP contribution in [-0.2, 0) is 6.42 Å². The summed E-state index contributed by atoms with van der Waals surface area (Å²) < 4.78 is 7.05. The Kier molecular flexibility index (Phi) is 4.28. The molecule has 1 atom stereocenters. The normalized spacial score (nSPS) is 18.9. The Morgan fingerprint density at radius 3 is 2.71 bits per heavy atom. The minimum atomic E-state index is -0.0592. The molecule has 0 N–H and O–H groups in total. The van der Waals surface area contributed by atoms with Gasteiger partial charge in [-0.05, 0) is 48.6 Å². The lowest BCUT2D eigenvalue weighted by molar-refractivity contribution is 0.482.